The molecule has 6 heteroatoms. The Morgan fingerprint density at radius 1 is 1.29 bits per heavy atom. The Labute approximate surface area is 97.1 Å². The highest BCUT2D eigenvalue weighted by Crippen LogP contribution is 2.26. The number of aromatic nitrogens is 2. The summed E-state index contributed by atoms with van der Waals surface area (Å²) >= 11 is 0. The van der Waals surface area contributed by atoms with E-state index in [1.807, 2.05) is 0 Å². The van der Waals surface area contributed by atoms with Gasteiger partial charge in [-0.2, -0.15) is 0 Å². The first kappa shape index (κ1) is 11.0. The third-order valence-corrected chi connectivity index (χ3v) is 2.20. The first-order valence-electron chi connectivity index (χ1n) is 4.82. The molecule has 2 aromatic heterocycles. The third-order valence-electron chi connectivity index (χ3n) is 2.20. The minimum atomic E-state index is -0.489. The summed E-state index contributed by atoms with van der Waals surface area (Å²) in [5.41, 5.74) is 1.24. The van der Waals surface area contributed by atoms with Crippen LogP contribution in [0.15, 0.2) is 36.7 Å². The lowest BCUT2D eigenvalue weighted by atomic mass is 10.2. The predicted octanol–water partition coefficient (Wildman–Crippen LogP) is 2.06. The van der Waals surface area contributed by atoms with Gasteiger partial charge in [0, 0.05) is 12.3 Å². The van der Waals surface area contributed by atoms with E-state index in [4.69, 9.17) is 4.74 Å². The topological polar surface area (TPSA) is 78.2 Å². The van der Waals surface area contributed by atoms with Gasteiger partial charge < -0.3 is 4.74 Å². The predicted molar refractivity (Wildman–Crippen MR) is 60.7 cm³/mol. The Kier molecular flexibility index (Phi) is 2.95. The maximum atomic E-state index is 10.5. The van der Waals surface area contributed by atoms with Crippen molar-refractivity contribution in [3.63, 3.8) is 0 Å². The van der Waals surface area contributed by atoms with Gasteiger partial charge in [-0.1, -0.05) is 0 Å². The van der Waals surface area contributed by atoms with Crippen LogP contribution in [0.2, 0.25) is 0 Å². The number of rotatable bonds is 3. The Morgan fingerprint density at radius 3 is 2.71 bits per heavy atom. The summed E-state index contributed by atoms with van der Waals surface area (Å²) in [6, 6.07) is 6.51. The SMILES string of the molecule is COc1ncccc1-c1ccc([N+](=O)[O-])cn1. The number of hydrogen-bond donors (Lipinski definition) is 0. The molecule has 0 unspecified atom stereocenters. The van der Waals surface area contributed by atoms with Crippen LogP contribution in [0.4, 0.5) is 5.69 Å². The van der Waals surface area contributed by atoms with Gasteiger partial charge in [-0.05, 0) is 18.2 Å². The van der Waals surface area contributed by atoms with Crippen molar-refractivity contribution >= 4 is 5.69 Å². The van der Waals surface area contributed by atoms with Crippen molar-refractivity contribution in [2.24, 2.45) is 0 Å². The van der Waals surface area contributed by atoms with Crippen molar-refractivity contribution < 1.29 is 9.66 Å². The van der Waals surface area contributed by atoms with Crippen LogP contribution in [0.3, 0.4) is 0 Å². The normalized spacial score (nSPS) is 9.94. The zero-order valence-corrected chi connectivity index (χ0v) is 9.03. The van der Waals surface area contributed by atoms with Crippen LogP contribution < -0.4 is 4.74 Å². The van der Waals surface area contributed by atoms with Gasteiger partial charge in [0.15, 0.2) is 0 Å². The molecule has 0 aromatic carbocycles. The zero-order chi connectivity index (χ0) is 12.3. The van der Waals surface area contributed by atoms with Gasteiger partial charge in [0.25, 0.3) is 5.69 Å². The van der Waals surface area contributed by atoms with E-state index < -0.39 is 4.92 Å². The number of nitrogens with zero attached hydrogens (tertiary/aromatic N) is 3. The highest BCUT2D eigenvalue weighted by Gasteiger charge is 2.10. The van der Waals surface area contributed by atoms with E-state index in [-0.39, 0.29) is 5.69 Å². The maximum Gasteiger partial charge on any atom is 0.287 e. The Balaban J connectivity index is 2.43. The monoisotopic (exact) mass is 231 g/mol. The van der Waals surface area contributed by atoms with E-state index in [1.165, 1.54) is 19.4 Å². The molecule has 86 valence electrons. The van der Waals surface area contributed by atoms with Crippen molar-refractivity contribution in [2.75, 3.05) is 7.11 Å². The van der Waals surface area contributed by atoms with E-state index in [2.05, 4.69) is 9.97 Å². The number of methoxy groups -OCH3 is 1. The van der Waals surface area contributed by atoms with E-state index in [1.54, 1.807) is 24.4 Å². The summed E-state index contributed by atoms with van der Waals surface area (Å²) in [5.74, 6) is 0.439. The summed E-state index contributed by atoms with van der Waals surface area (Å²) in [6.07, 6.45) is 2.81. The zero-order valence-electron chi connectivity index (χ0n) is 9.03. The van der Waals surface area contributed by atoms with Gasteiger partial charge in [-0.3, -0.25) is 10.1 Å². The average molecular weight is 231 g/mol. The highest BCUT2D eigenvalue weighted by atomic mass is 16.6. The van der Waals surface area contributed by atoms with Crippen molar-refractivity contribution in [2.45, 2.75) is 0 Å². The van der Waals surface area contributed by atoms with Crippen LogP contribution in [-0.2, 0) is 0 Å². The molecule has 0 aliphatic rings. The van der Waals surface area contributed by atoms with E-state index in [0.717, 1.165) is 0 Å². The second-order valence-corrected chi connectivity index (χ2v) is 3.22. The number of hydrogen-bond acceptors (Lipinski definition) is 5. The van der Waals surface area contributed by atoms with Crippen LogP contribution in [0.25, 0.3) is 11.3 Å². The minimum absolute atomic E-state index is 0.0448. The fourth-order valence-electron chi connectivity index (χ4n) is 1.40. The van der Waals surface area contributed by atoms with Crippen LogP contribution in [0, 0.1) is 10.1 Å². The van der Waals surface area contributed by atoms with Crippen molar-refractivity contribution in [3.05, 3.63) is 46.8 Å². The van der Waals surface area contributed by atoms with E-state index >= 15 is 0 Å². The summed E-state index contributed by atoms with van der Waals surface area (Å²) in [6.45, 7) is 0. The Morgan fingerprint density at radius 2 is 2.12 bits per heavy atom. The maximum absolute atomic E-state index is 10.5. The summed E-state index contributed by atoms with van der Waals surface area (Å²) in [4.78, 5) is 18.1. The molecule has 2 rings (SSSR count). The van der Waals surface area contributed by atoms with Crippen LogP contribution in [0.5, 0.6) is 5.88 Å². The molecule has 0 bridgehead atoms. The molecule has 6 nitrogen and oxygen atoms in total. The smallest absolute Gasteiger partial charge is 0.287 e. The molecule has 0 aliphatic carbocycles. The molecule has 0 aliphatic heterocycles. The average Bonchev–Trinajstić information content (AvgIpc) is 2.39. The molecule has 0 N–H and O–H groups in total. The molecule has 2 heterocycles. The van der Waals surface area contributed by atoms with Gasteiger partial charge in [0.2, 0.25) is 5.88 Å². The second-order valence-electron chi connectivity index (χ2n) is 3.22. The number of nitro groups is 1. The fourth-order valence-corrected chi connectivity index (χ4v) is 1.40. The van der Waals surface area contributed by atoms with Crippen LogP contribution in [0.1, 0.15) is 0 Å². The largest absolute Gasteiger partial charge is 0.481 e. The lowest BCUT2D eigenvalue weighted by Crippen LogP contribution is -1.94. The Hall–Kier alpha value is -2.50. The standard InChI is InChI=1S/C11H9N3O3/c1-17-11-9(3-2-6-12-11)10-5-4-8(7-13-10)14(15)16/h2-7H,1H3. The molecule has 0 atom stereocenters. The molecule has 17 heavy (non-hydrogen) atoms. The lowest BCUT2D eigenvalue weighted by Gasteiger charge is -2.05. The van der Waals surface area contributed by atoms with Crippen LogP contribution in [-0.4, -0.2) is 22.0 Å². The van der Waals surface area contributed by atoms with Crippen LogP contribution >= 0.6 is 0 Å². The third kappa shape index (κ3) is 2.20. The van der Waals surface area contributed by atoms with Gasteiger partial charge >= 0.3 is 0 Å². The number of pyridine rings is 2. The second kappa shape index (κ2) is 4.56. The molecule has 2 aromatic rings. The molecule has 0 radical (unpaired) electrons. The van der Waals surface area contributed by atoms with E-state index in [0.29, 0.717) is 17.1 Å². The van der Waals surface area contributed by atoms with Crippen molar-refractivity contribution in [1.82, 2.24) is 9.97 Å². The first-order valence-corrected chi connectivity index (χ1v) is 4.82. The van der Waals surface area contributed by atoms with Gasteiger partial charge in [-0.25, -0.2) is 9.97 Å². The van der Waals surface area contributed by atoms with Gasteiger partial charge in [-0.15, -0.1) is 0 Å². The molecule has 0 fully saturated rings. The molecule has 0 saturated carbocycles. The van der Waals surface area contributed by atoms with Crippen molar-refractivity contribution in [3.8, 4) is 17.1 Å². The van der Waals surface area contributed by atoms with Gasteiger partial charge in [0.1, 0.15) is 6.20 Å². The minimum Gasteiger partial charge on any atom is -0.481 e. The highest BCUT2D eigenvalue weighted by molar-refractivity contribution is 5.65. The van der Waals surface area contributed by atoms with Crippen molar-refractivity contribution in [1.29, 1.82) is 0 Å². The summed E-state index contributed by atoms with van der Waals surface area (Å²) in [7, 11) is 1.51. The number of ether oxygens (including phenoxy) is 1. The fraction of sp³-hybridized carbons (Fsp3) is 0.0909. The van der Waals surface area contributed by atoms with Gasteiger partial charge in [0.05, 0.1) is 23.3 Å². The first-order chi connectivity index (χ1) is 8.22. The molecule has 0 amide bonds. The molecular formula is C11H9N3O3. The molecule has 0 spiro atoms. The summed E-state index contributed by atoms with van der Waals surface area (Å²) < 4.78 is 5.09. The lowest BCUT2D eigenvalue weighted by molar-refractivity contribution is -0.385. The molecule has 0 saturated heterocycles. The quantitative estimate of drug-likeness (QED) is 0.596. The van der Waals surface area contributed by atoms with E-state index in [9.17, 15) is 10.1 Å². The summed E-state index contributed by atoms with van der Waals surface area (Å²) in [5, 5.41) is 10.5. The molecular weight excluding hydrogens is 222 g/mol. The Bertz CT molecular complexity index is 540.